The Kier molecular flexibility index (Phi) is 5.30. The van der Waals surface area contributed by atoms with Crippen molar-refractivity contribution < 1.29 is 8.42 Å². The summed E-state index contributed by atoms with van der Waals surface area (Å²) in [7, 11) is -3.82. The van der Waals surface area contributed by atoms with Gasteiger partial charge in [-0.05, 0) is 38.1 Å². The van der Waals surface area contributed by atoms with Crippen molar-refractivity contribution in [2.45, 2.75) is 18.7 Å². The third-order valence-electron chi connectivity index (χ3n) is 3.16. The van der Waals surface area contributed by atoms with E-state index in [2.05, 4.69) is 4.72 Å². The van der Waals surface area contributed by atoms with Crippen LogP contribution in [-0.4, -0.2) is 8.42 Å². The largest absolute Gasteiger partial charge is 0.761 e. The molecule has 0 aliphatic carbocycles. The average Bonchev–Trinajstić information content (AvgIpc) is 2.47. The first-order valence-corrected chi connectivity index (χ1v) is 8.67. The first-order valence-electron chi connectivity index (χ1n) is 6.81. The monoisotopic (exact) mass is 351 g/mol. The molecule has 7 heteroatoms. The lowest BCUT2D eigenvalue weighted by molar-refractivity contribution is 0.601. The van der Waals surface area contributed by atoms with Crippen LogP contribution in [0.4, 0.5) is 11.4 Å². The van der Waals surface area contributed by atoms with E-state index in [4.69, 9.17) is 11.6 Å². The molecular formula is C16H16ClN2O3S-. The standard InChI is InChI=1S/C16H16ClN2O3S/c1-3-4-12-9-13(17)10-15(16(12)18-20)19-23(21,22)14-7-5-11(2)6-8-14/h3-10,18-19H,1-2H3/q-1/b4-3-. The van der Waals surface area contributed by atoms with Crippen LogP contribution in [0, 0.1) is 12.1 Å². The van der Waals surface area contributed by atoms with Gasteiger partial charge in [-0.15, -0.1) is 0 Å². The number of halogens is 1. The molecule has 0 heterocycles. The first-order chi connectivity index (χ1) is 10.9. The number of hydrogen-bond donors (Lipinski definition) is 2. The fraction of sp³-hybridized carbons (Fsp3) is 0.125. The van der Waals surface area contributed by atoms with Gasteiger partial charge in [0.2, 0.25) is 0 Å². The highest BCUT2D eigenvalue weighted by molar-refractivity contribution is 7.92. The van der Waals surface area contributed by atoms with Gasteiger partial charge in [0.1, 0.15) is 0 Å². The molecule has 2 rings (SSSR count). The minimum Gasteiger partial charge on any atom is -0.761 e. The van der Waals surface area contributed by atoms with Crippen molar-refractivity contribution in [1.82, 2.24) is 0 Å². The van der Waals surface area contributed by atoms with Gasteiger partial charge in [0.25, 0.3) is 10.0 Å². The van der Waals surface area contributed by atoms with E-state index in [1.165, 1.54) is 18.2 Å². The van der Waals surface area contributed by atoms with Crippen LogP contribution in [0.1, 0.15) is 18.1 Å². The maximum atomic E-state index is 12.5. The van der Waals surface area contributed by atoms with Crippen molar-refractivity contribution in [2.75, 3.05) is 10.2 Å². The molecule has 0 aliphatic rings. The van der Waals surface area contributed by atoms with Gasteiger partial charge in [-0.25, -0.2) is 8.42 Å². The zero-order valence-electron chi connectivity index (χ0n) is 12.6. The molecule has 2 aromatic rings. The summed E-state index contributed by atoms with van der Waals surface area (Å²) in [5, 5.41) is 11.6. The maximum Gasteiger partial charge on any atom is 0.261 e. The van der Waals surface area contributed by atoms with Gasteiger partial charge in [-0.1, -0.05) is 41.4 Å². The van der Waals surface area contributed by atoms with Crippen LogP contribution >= 0.6 is 11.6 Å². The molecule has 0 saturated heterocycles. The Morgan fingerprint density at radius 1 is 1.17 bits per heavy atom. The van der Waals surface area contributed by atoms with E-state index in [9.17, 15) is 13.6 Å². The summed E-state index contributed by atoms with van der Waals surface area (Å²) in [5.41, 5.74) is 3.43. The predicted octanol–water partition coefficient (Wildman–Crippen LogP) is 4.39. The first kappa shape index (κ1) is 17.3. The molecule has 2 N–H and O–H groups in total. The van der Waals surface area contributed by atoms with Crippen LogP contribution in [-0.2, 0) is 10.0 Å². The number of benzene rings is 2. The molecule has 2 aromatic carbocycles. The molecule has 0 bridgehead atoms. The van der Waals surface area contributed by atoms with Crippen LogP contribution < -0.4 is 10.2 Å². The summed E-state index contributed by atoms with van der Waals surface area (Å²) >= 11 is 6.01. The molecule has 0 atom stereocenters. The van der Waals surface area contributed by atoms with Crippen LogP contribution in [0.2, 0.25) is 5.02 Å². The molecule has 0 fully saturated rings. The molecule has 0 spiro atoms. The van der Waals surface area contributed by atoms with E-state index in [1.807, 2.05) is 6.92 Å². The Morgan fingerprint density at radius 2 is 1.83 bits per heavy atom. The normalized spacial score (nSPS) is 11.7. The summed E-state index contributed by atoms with van der Waals surface area (Å²) in [4.78, 5) is 0.104. The Morgan fingerprint density at radius 3 is 2.39 bits per heavy atom. The number of hydrogen-bond acceptors (Lipinski definition) is 4. The molecule has 0 amide bonds. The van der Waals surface area contributed by atoms with Gasteiger partial charge in [0.05, 0.1) is 16.3 Å². The van der Waals surface area contributed by atoms with Crippen LogP contribution in [0.3, 0.4) is 0 Å². The van der Waals surface area contributed by atoms with Crippen molar-refractivity contribution >= 4 is 39.1 Å². The van der Waals surface area contributed by atoms with E-state index in [0.717, 1.165) is 5.56 Å². The third kappa shape index (κ3) is 4.04. The number of allylic oxidation sites excluding steroid dienone is 1. The van der Waals surface area contributed by atoms with E-state index < -0.39 is 10.0 Å². The second kappa shape index (κ2) is 7.04. The highest BCUT2D eigenvalue weighted by atomic mass is 35.5. The van der Waals surface area contributed by atoms with Gasteiger partial charge < -0.3 is 10.7 Å². The summed E-state index contributed by atoms with van der Waals surface area (Å²) in [6, 6.07) is 9.36. The molecule has 23 heavy (non-hydrogen) atoms. The van der Waals surface area contributed by atoms with E-state index in [0.29, 0.717) is 10.6 Å². The Bertz CT molecular complexity index is 831. The highest BCUT2D eigenvalue weighted by Crippen LogP contribution is 2.33. The topological polar surface area (TPSA) is 81.3 Å². The molecule has 122 valence electrons. The van der Waals surface area contributed by atoms with Crippen molar-refractivity contribution in [3.05, 3.63) is 63.8 Å². The van der Waals surface area contributed by atoms with Crippen molar-refractivity contribution in [3.63, 3.8) is 0 Å². The smallest absolute Gasteiger partial charge is 0.261 e. The van der Waals surface area contributed by atoms with Crippen LogP contribution in [0.15, 0.2) is 47.4 Å². The highest BCUT2D eigenvalue weighted by Gasteiger charge is 2.17. The lowest BCUT2D eigenvalue weighted by Gasteiger charge is -2.19. The maximum absolute atomic E-state index is 12.5. The van der Waals surface area contributed by atoms with E-state index in [-0.39, 0.29) is 16.3 Å². The van der Waals surface area contributed by atoms with Gasteiger partial charge in [0, 0.05) is 10.6 Å². The lowest BCUT2D eigenvalue weighted by Crippen LogP contribution is -2.14. The number of aryl methyl sites for hydroxylation is 1. The SMILES string of the molecule is C/C=C\c1cc(Cl)cc(NS(=O)(=O)c2ccc(C)cc2)c1N[O-]. The van der Waals surface area contributed by atoms with Gasteiger partial charge in [0.15, 0.2) is 0 Å². The molecule has 0 saturated carbocycles. The Labute approximate surface area is 140 Å². The fourth-order valence-electron chi connectivity index (χ4n) is 2.05. The van der Waals surface area contributed by atoms with Crippen LogP contribution in [0.25, 0.3) is 6.08 Å². The molecule has 0 aliphatic heterocycles. The van der Waals surface area contributed by atoms with E-state index >= 15 is 0 Å². The Balaban J connectivity index is 2.48. The second-order valence-corrected chi connectivity index (χ2v) is 7.06. The molecular weight excluding hydrogens is 336 g/mol. The lowest BCUT2D eigenvalue weighted by atomic mass is 10.1. The van der Waals surface area contributed by atoms with Crippen LogP contribution in [0.5, 0.6) is 0 Å². The fourth-order valence-corrected chi connectivity index (χ4v) is 3.34. The third-order valence-corrected chi connectivity index (χ3v) is 4.76. The van der Waals surface area contributed by atoms with Crippen molar-refractivity contribution in [1.29, 1.82) is 0 Å². The number of rotatable bonds is 5. The van der Waals surface area contributed by atoms with E-state index in [1.54, 1.807) is 42.8 Å². The zero-order valence-corrected chi connectivity index (χ0v) is 14.2. The average molecular weight is 352 g/mol. The summed E-state index contributed by atoms with van der Waals surface area (Å²) < 4.78 is 27.3. The number of sulfonamides is 1. The number of anilines is 2. The predicted molar refractivity (Wildman–Crippen MR) is 95.1 cm³/mol. The summed E-state index contributed by atoms with van der Waals surface area (Å²) in [6.07, 6.45) is 3.39. The minimum atomic E-state index is -3.82. The summed E-state index contributed by atoms with van der Waals surface area (Å²) in [6.45, 7) is 3.65. The second-order valence-electron chi connectivity index (χ2n) is 4.94. The zero-order chi connectivity index (χ0) is 17.0. The van der Waals surface area contributed by atoms with Gasteiger partial charge in [-0.2, -0.15) is 0 Å². The minimum absolute atomic E-state index is 0.0983. The summed E-state index contributed by atoms with van der Waals surface area (Å²) in [5.74, 6) is 0. The number of nitrogens with one attached hydrogen (secondary N) is 2. The Hall–Kier alpha value is -2.02. The van der Waals surface area contributed by atoms with Crippen molar-refractivity contribution in [2.24, 2.45) is 0 Å². The van der Waals surface area contributed by atoms with Gasteiger partial charge >= 0.3 is 0 Å². The van der Waals surface area contributed by atoms with Gasteiger partial charge in [-0.3, -0.25) is 4.72 Å². The van der Waals surface area contributed by atoms with Crippen molar-refractivity contribution in [3.8, 4) is 0 Å². The molecule has 5 nitrogen and oxygen atoms in total. The molecule has 0 unspecified atom stereocenters. The quantitative estimate of drug-likeness (QED) is 0.782. The molecule has 0 aromatic heterocycles. The molecule has 0 radical (unpaired) electrons.